The summed E-state index contributed by atoms with van der Waals surface area (Å²) in [4.78, 5) is 75.2. The Balaban J connectivity index is 1.84. The van der Waals surface area contributed by atoms with E-state index in [1.807, 2.05) is 51.2 Å². The molecule has 0 unspecified atom stereocenters. The largest absolute Gasteiger partial charge is 0.466 e. The first-order valence-electron chi connectivity index (χ1n) is 19.6. The SMILES string of the molecule is CCOC(=O)[C@@H](C)C[C@H](Cc1ccccc1)NC(=O)c1csc([C@@H](C[C@H](C(C)C)N(C)C(=O)[C@@H](CC(=O)[C@H]2CCCCN2C)C(C)(C)CC)OC(C)=O)n1. The second-order valence-corrected chi connectivity index (χ2v) is 16.9. The van der Waals surface area contributed by atoms with E-state index in [0.717, 1.165) is 37.8 Å². The number of amides is 2. The first kappa shape index (κ1) is 44.8. The zero-order valence-electron chi connectivity index (χ0n) is 34.2. The summed E-state index contributed by atoms with van der Waals surface area (Å²) in [6.45, 7) is 16.2. The molecule has 0 spiro atoms. The molecule has 3 rings (SSSR count). The van der Waals surface area contributed by atoms with E-state index in [-0.39, 0.29) is 66.8 Å². The van der Waals surface area contributed by atoms with Gasteiger partial charge in [-0.05, 0) is 63.1 Å². The number of thiazole rings is 1. The number of nitrogens with one attached hydrogen (secondary N) is 1. The number of ether oxygens (including phenoxy) is 2. The molecular weight excluding hydrogens is 705 g/mol. The fourth-order valence-corrected chi connectivity index (χ4v) is 8.21. The first-order valence-corrected chi connectivity index (χ1v) is 20.5. The molecule has 0 radical (unpaired) electrons. The lowest BCUT2D eigenvalue weighted by Gasteiger charge is -2.40. The van der Waals surface area contributed by atoms with Crippen LogP contribution in [0.1, 0.15) is 127 Å². The zero-order valence-corrected chi connectivity index (χ0v) is 35.0. The van der Waals surface area contributed by atoms with Crippen LogP contribution in [-0.4, -0.2) is 89.7 Å². The van der Waals surface area contributed by atoms with Gasteiger partial charge in [-0.1, -0.05) is 84.7 Å². The third kappa shape index (κ3) is 12.7. The number of hydrogen-bond donors (Lipinski definition) is 1. The van der Waals surface area contributed by atoms with Crippen molar-refractivity contribution in [3.63, 3.8) is 0 Å². The van der Waals surface area contributed by atoms with E-state index >= 15 is 0 Å². The van der Waals surface area contributed by atoms with Crippen molar-refractivity contribution in [2.24, 2.45) is 23.2 Å². The van der Waals surface area contributed by atoms with Crippen molar-refractivity contribution in [1.29, 1.82) is 0 Å². The molecule has 1 N–H and O–H groups in total. The summed E-state index contributed by atoms with van der Waals surface area (Å²) in [6, 6.07) is 8.84. The van der Waals surface area contributed by atoms with E-state index in [4.69, 9.17) is 9.47 Å². The van der Waals surface area contributed by atoms with Crippen LogP contribution in [0.15, 0.2) is 35.7 Å². The maximum atomic E-state index is 14.5. The minimum Gasteiger partial charge on any atom is -0.466 e. The number of carbonyl (C=O) groups is 5. The van der Waals surface area contributed by atoms with Crippen LogP contribution >= 0.6 is 11.3 Å². The molecule has 2 amide bonds. The fraction of sp³-hybridized carbons (Fsp3) is 0.667. The predicted molar refractivity (Wildman–Crippen MR) is 212 cm³/mol. The number of rotatable bonds is 20. The normalized spacial score (nSPS) is 17.9. The van der Waals surface area contributed by atoms with Crippen molar-refractivity contribution in [1.82, 2.24) is 20.1 Å². The molecule has 1 aromatic heterocycles. The average Bonchev–Trinajstić information content (AvgIpc) is 3.63. The van der Waals surface area contributed by atoms with Gasteiger partial charge in [-0.15, -0.1) is 11.3 Å². The Kier molecular flexibility index (Phi) is 17.3. The molecule has 54 heavy (non-hydrogen) atoms. The lowest BCUT2D eigenvalue weighted by atomic mass is 9.72. The van der Waals surface area contributed by atoms with Gasteiger partial charge >= 0.3 is 11.9 Å². The fourth-order valence-electron chi connectivity index (χ4n) is 7.37. The number of benzene rings is 1. The molecule has 6 atom stereocenters. The Bertz CT molecular complexity index is 1540. The number of carbonyl (C=O) groups excluding carboxylic acids is 5. The van der Waals surface area contributed by atoms with Crippen LogP contribution in [0.5, 0.6) is 0 Å². The predicted octanol–water partition coefficient (Wildman–Crippen LogP) is 7.05. The van der Waals surface area contributed by atoms with Crippen molar-refractivity contribution >= 4 is 40.9 Å². The van der Waals surface area contributed by atoms with Gasteiger partial charge in [0.15, 0.2) is 11.9 Å². The number of nitrogens with zero attached hydrogens (tertiary/aromatic N) is 3. The first-order chi connectivity index (χ1) is 25.5. The van der Waals surface area contributed by atoms with E-state index in [0.29, 0.717) is 17.8 Å². The smallest absolute Gasteiger partial charge is 0.308 e. The Morgan fingerprint density at radius 1 is 1.06 bits per heavy atom. The molecule has 11 nitrogen and oxygen atoms in total. The summed E-state index contributed by atoms with van der Waals surface area (Å²) in [5.74, 6) is -2.18. The third-order valence-electron chi connectivity index (χ3n) is 11.1. The molecule has 1 saturated heterocycles. The van der Waals surface area contributed by atoms with Crippen LogP contribution in [0, 0.1) is 23.2 Å². The Morgan fingerprint density at radius 2 is 1.74 bits per heavy atom. The lowest BCUT2D eigenvalue weighted by Crippen LogP contribution is -2.50. The molecule has 2 heterocycles. The van der Waals surface area contributed by atoms with Crippen LogP contribution in [-0.2, 0) is 35.1 Å². The van der Waals surface area contributed by atoms with Crippen LogP contribution in [0.3, 0.4) is 0 Å². The Labute approximate surface area is 326 Å². The summed E-state index contributed by atoms with van der Waals surface area (Å²) in [6.07, 6.45) is 4.13. The van der Waals surface area contributed by atoms with Gasteiger partial charge in [0, 0.05) is 44.3 Å². The van der Waals surface area contributed by atoms with E-state index in [9.17, 15) is 24.0 Å². The monoisotopic (exact) mass is 768 g/mol. The van der Waals surface area contributed by atoms with Gasteiger partial charge in [-0.25, -0.2) is 4.98 Å². The number of piperidine rings is 1. The maximum Gasteiger partial charge on any atom is 0.308 e. The molecule has 1 aliphatic heterocycles. The van der Waals surface area contributed by atoms with E-state index in [1.165, 1.54) is 18.3 Å². The van der Waals surface area contributed by atoms with Gasteiger partial charge in [-0.2, -0.15) is 0 Å². The quantitative estimate of drug-likeness (QED) is 0.141. The van der Waals surface area contributed by atoms with E-state index < -0.39 is 35.2 Å². The minimum atomic E-state index is -0.809. The number of hydrogen-bond acceptors (Lipinski definition) is 10. The molecule has 1 aromatic carbocycles. The highest BCUT2D eigenvalue weighted by molar-refractivity contribution is 7.09. The standard InChI is InChI=1S/C42H64N4O7S/c1-11-42(7,8)32(24-36(48)34-20-16-17-21-45(34)9)40(50)46(10)35(27(3)4)25-37(53-29(6)47)39-44-33(26-54-39)38(49)43-31(22-28(5)41(51)52-12-2)23-30-18-14-13-15-19-30/h13-15,18-19,26-28,31-32,34-35,37H,11-12,16-17,20-25H2,1-10H3,(H,43,49)/t28-,31+,32+,34+,35+,37+/m0/s1. The van der Waals surface area contributed by atoms with Gasteiger partial charge in [0.1, 0.15) is 10.7 Å². The number of ketones is 1. The lowest BCUT2D eigenvalue weighted by molar-refractivity contribution is -0.150. The van der Waals surface area contributed by atoms with Crippen LogP contribution < -0.4 is 5.32 Å². The molecule has 12 heteroatoms. The summed E-state index contributed by atoms with van der Waals surface area (Å²) >= 11 is 1.22. The van der Waals surface area contributed by atoms with Crippen molar-refractivity contribution < 1.29 is 33.4 Å². The maximum absolute atomic E-state index is 14.5. The molecule has 0 saturated carbocycles. The molecular formula is C42H64N4O7S. The third-order valence-corrected chi connectivity index (χ3v) is 12.0. The summed E-state index contributed by atoms with van der Waals surface area (Å²) in [5, 5.41) is 5.16. The van der Waals surface area contributed by atoms with Gasteiger partial charge in [0.25, 0.3) is 5.91 Å². The second kappa shape index (κ2) is 20.9. The Morgan fingerprint density at radius 3 is 2.33 bits per heavy atom. The van der Waals surface area contributed by atoms with Gasteiger partial charge in [0.05, 0.1) is 24.5 Å². The summed E-state index contributed by atoms with van der Waals surface area (Å²) in [5.41, 5.74) is 0.770. The highest BCUT2D eigenvalue weighted by Crippen LogP contribution is 2.38. The molecule has 1 aliphatic rings. The number of aromatic nitrogens is 1. The van der Waals surface area contributed by atoms with Gasteiger partial charge in [0.2, 0.25) is 5.91 Å². The zero-order chi connectivity index (χ0) is 40.2. The average molecular weight is 769 g/mol. The van der Waals surface area contributed by atoms with Crippen molar-refractivity contribution in [3.05, 3.63) is 52.0 Å². The summed E-state index contributed by atoms with van der Waals surface area (Å²) < 4.78 is 11.1. The number of esters is 2. The van der Waals surface area contributed by atoms with Crippen molar-refractivity contribution in [2.75, 3.05) is 27.2 Å². The summed E-state index contributed by atoms with van der Waals surface area (Å²) in [7, 11) is 3.77. The van der Waals surface area contributed by atoms with Gasteiger partial charge < -0.3 is 19.7 Å². The molecule has 300 valence electrons. The highest BCUT2D eigenvalue weighted by Gasteiger charge is 2.42. The van der Waals surface area contributed by atoms with Crippen molar-refractivity contribution in [2.45, 2.75) is 131 Å². The minimum absolute atomic E-state index is 0.0227. The number of likely N-dealkylation sites (tertiary alicyclic amines) is 1. The molecule has 2 aromatic rings. The van der Waals surface area contributed by atoms with Crippen molar-refractivity contribution in [3.8, 4) is 0 Å². The Hall–Kier alpha value is -3.64. The van der Waals surface area contributed by atoms with Gasteiger partial charge in [-0.3, -0.25) is 28.9 Å². The van der Waals surface area contributed by atoms with Crippen LogP contribution in [0.25, 0.3) is 0 Å². The molecule has 1 fully saturated rings. The topological polar surface area (TPSA) is 135 Å². The van der Waals surface area contributed by atoms with E-state index in [2.05, 4.69) is 36.0 Å². The molecule has 0 aliphatic carbocycles. The number of likely N-dealkylation sites (N-methyl/N-ethyl adjacent to an activating group) is 1. The van der Waals surface area contributed by atoms with E-state index in [1.54, 1.807) is 31.2 Å². The number of Topliss-reactive ketones (excluding diaryl/α,β-unsaturated/α-hetero) is 1. The molecule has 0 bridgehead atoms. The van der Waals surface area contributed by atoms with Crippen LogP contribution in [0.4, 0.5) is 0 Å². The highest BCUT2D eigenvalue weighted by atomic mass is 32.1. The second-order valence-electron chi connectivity index (χ2n) is 16.0. The van der Waals surface area contributed by atoms with Crippen LogP contribution in [0.2, 0.25) is 0 Å².